The van der Waals surface area contributed by atoms with Crippen molar-refractivity contribution in [3.05, 3.63) is 35.2 Å². The number of carbonyl (C=O) groups is 1. The molecule has 26 heavy (non-hydrogen) atoms. The summed E-state index contributed by atoms with van der Waals surface area (Å²) in [5.41, 5.74) is 10.6. The molecule has 1 aromatic carbocycles. The normalized spacial score (nSPS) is 15.3. The zero-order valence-corrected chi connectivity index (χ0v) is 15.5. The highest BCUT2D eigenvalue weighted by Crippen LogP contribution is 2.24. The van der Waals surface area contributed by atoms with Gasteiger partial charge in [-0.15, -0.1) is 11.3 Å². The first kappa shape index (κ1) is 18.2. The molecule has 1 aliphatic rings. The summed E-state index contributed by atoms with van der Waals surface area (Å²) >= 11 is 1.41. The Morgan fingerprint density at radius 3 is 2.77 bits per heavy atom. The number of thiazole rings is 1. The Morgan fingerprint density at radius 2 is 2.15 bits per heavy atom. The molecule has 8 heteroatoms. The molecular formula is C18H23N5O2S. The fourth-order valence-electron chi connectivity index (χ4n) is 2.90. The minimum atomic E-state index is -0.0619. The molecule has 3 rings (SSSR count). The zero-order valence-electron chi connectivity index (χ0n) is 14.7. The molecule has 0 saturated carbocycles. The van der Waals surface area contributed by atoms with Crippen LogP contribution in [0.4, 0.5) is 16.6 Å². The van der Waals surface area contributed by atoms with Gasteiger partial charge in [-0.3, -0.25) is 10.2 Å². The number of esters is 1. The summed E-state index contributed by atoms with van der Waals surface area (Å²) < 4.78 is 5.12. The lowest BCUT2D eigenvalue weighted by Gasteiger charge is -2.32. The van der Waals surface area contributed by atoms with Crippen molar-refractivity contribution in [3.63, 3.8) is 0 Å². The van der Waals surface area contributed by atoms with Crippen LogP contribution in [0.5, 0.6) is 0 Å². The molecule has 1 aliphatic heterocycles. The maximum atomic E-state index is 11.8. The first-order valence-corrected chi connectivity index (χ1v) is 9.55. The molecule has 138 valence electrons. The maximum Gasteiger partial charge on any atom is 0.309 e. The van der Waals surface area contributed by atoms with Crippen molar-refractivity contribution in [1.82, 2.24) is 4.98 Å². The topological polar surface area (TPSA) is 92.8 Å². The molecule has 0 radical (unpaired) electrons. The summed E-state index contributed by atoms with van der Waals surface area (Å²) in [5.74, 6) is 0.459. The summed E-state index contributed by atoms with van der Waals surface area (Å²) in [6.45, 7) is 4.03. The van der Waals surface area contributed by atoms with Crippen molar-refractivity contribution in [2.24, 2.45) is 11.0 Å². The summed E-state index contributed by atoms with van der Waals surface area (Å²) in [6.07, 6.45) is 3.42. The number of hydrogen-bond donors (Lipinski definition) is 2. The van der Waals surface area contributed by atoms with Gasteiger partial charge in [0, 0.05) is 24.2 Å². The molecule has 1 fully saturated rings. The second-order valence-corrected chi connectivity index (χ2v) is 6.91. The van der Waals surface area contributed by atoms with Crippen LogP contribution in [0.3, 0.4) is 0 Å². The number of ether oxygens (including phenoxy) is 1. The monoisotopic (exact) mass is 373 g/mol. The van der Waals surface area contributed by atoms with Crippen LogP contribution in [0.15, 0.2) is 34.7 Å². The number of piperidine rings is 1. The average Bonchev–Trinajstić information content (AvgIpc) is 3.08. The molecule has 0 aliphatic carbocycles. The Labute approximate surface area is 156 Å². The van der Waals surface area contributed by atoms with Gasteiger partial charge in [0.1, 0.15) is 5.82 Å². The lowest BCUT2D eigenvalue weighted by Crippen LogP contribution is -2.36. The van der Waals surface area contributed by atoms with Crippen LogP contribution in [0.1, 0.15) is 25.3 Å². The van der Waals surface area contributed by atoms with E-state index in [2.05, 4.69) is 32.5 Å². The Balaban J connectivity index is 1.51. The molecular weight excluding hydrogens is 350 g/mol. The number of anilines is 3. The lowest BCUT2D eigenvalue weighted by molar-refractivity contribution is -0.148. The van der Waals surface area contributed by atoms with E-state index >= 15 is 0 Å². The standard InChI is InChI=1S/C18H23N5O2S/c1-2-25-17(24)14-7-9-23(10-8-14)15-5-3-13(4-6-15)11-20-22-18-21-16(19)12-26-18/h3-6,11-12,14H,2,7-10,19H2,1H3,(H,21,22). The summed E-state index contributed by atoms with van der Waals surface area (Å²) in [4.78, 5) is 18.2. The van der Waals surface area contributed by atoms with E-state index in [4.69, 9.17) is 10.5 Å². The molecule has 7 nitrogen and oxygen atoms in total. The second kappa shape index (κ2) is 8.66. The van der Waals surface area contributed by atoms with E-state index in [-0.39, 0.29) is 11.9 Å². The number of nitrogen functional groups attached to an aromatic ring is 1. The molecule has 2 heterocycles. The SMILES string of the molecule is CCOC(=O)C1CCN(c2ccc(C=NNc3nc(N)cs3)cc2)CC1. The zero-order chi connectivity index (χ0) is 18.4. The number of nitrogens with zero attached hydrogens (tertiary/aromatic N) is 3. The van der Waals surface area contributed by atoms with Gasteiger partial charge in [-0.25, -0.2) is 4.98 Å². The van der Waals surface area contributed by atoms with Crippen LogP contribution in [-0.2, 0) is 9.53 Å². The Bertz CT molecular complexity index is 751. The van der Waals surface area contributed by atoms with Crippen molar-refractivity contribution in [3.8, 4) is 0 Å². The van der Waals surface area contributed by atoms with E-state index in [1.807, 2.05) is 19.1 Å². The van der Waals surface area contributed by atoms with Gasteiger partial charge in [0.05, 0.1) is 18.7 Å². The molecule has 2 aromatic rings. The van der Waals surface area contributed by atoms with Gasteiger partial charge in [0.25, 0.3) is 0 Å². The fourth-order valence-corrected chi connectivity index (χ4v) is 3.45. The maximum absolute atomic E-state index is 11.8. The van der Waals surface area contributed by atoms with Crippen molar-refractivity contribution >= 4 is 40.2 Å². The number of rotatable bonds is 6. The van der Waals surface area contributed by atoms with Crippen molar-refractivity contribution in [2.45, 2.75) is 19.8 Å². The number of hydrazone groups is 1. The fraction of sp³-hybridized carbons (Fsp3) is 0.389. The first-order chi connectivity index (χ1) is 12.7. The van der Waals surface area contributed by atoms with Crippen LogP contribution in [0.2, 0.25) is 0 Å². The van der Waals surface area contributed by atoms with Gasteiger partial charge < -0.3 is 15.4 Å². The summed E-state index contributed by atoms with van der Waals surface area (Å²) in [5, 5.41) is 6.59. The van der Waals surface area contributed by atoms with E-state index in [0.29, 0.717) is 17.6 Å². The highest BCUT2D eigenvalue weighted by Gasteiger charge is 2.25. The highest BCUT2D eigenvalue weighted by atomic mass is 32.1. The number of nitrogens with one attached hydrogen (secondary N) is 1. The van der Waals surface area contributed by atoms with Crippen LogP contribution in [-0.4, -0.2) is 36.9 Å². The average molecular weight is 373 g/mol. The molecule has 0 unspecified atom stereocenters. The third kappa shape index (κ3) is 4.72. The van der Waals surface area contributed by atoms with Crippen LogP contribution in [0, 0.1) is 5.92 Å². The van der Waals surface area contributed by atoms with Gasteiger partial charge in [-0.05, 0) is 37.5 Å². The molecule has 0 bridgehead atoms. The molecule has 1 aromatic heterocycles. The van der Waals surface area contributed by atoms with Crippen LogP contribution < -0.4 is 16.1 Å². The van der Waals surface area contributed by atoms with Crippen LogP contribution in [0.25, 0.3) is 0 Å². The van der Waals surface area contributed by atoms with Gasteiger partial charge in [-0.1, -0.05) is 12.1 Å². The van der Waals surface area contributed by atoms with Crippen LogP contribution >= 0.6 is 11.3 Å². The minimum Gasteiger partial charge on any atom is -0.466 e. The van der Waals surface area contributed by atoms with Crippen molar-refractivity contribution in [1.29, 1.82) is 0 Å². The highest BCUT2D eigenvalue weighted by molar-refractivity contribution is 7.14. The summed E-state index contributed by atoms with van der Waals surface area (Å²) in [6, 6.07) is 8.20. The molecule has 1 saturated heterocycles. The first-order valence-electron chi connectivity index (χ1n) is 8.67. The number of carbonyl (C=O) groups excluding carboxylic acids is 1. The van der Waals surface area contributed by atoms with Gasteiger partial charge >= 0.3 is 5.97 Å². The van der Waals surface area contributed by atoms with Gasteiger partial charge in [-0.2, -0.15) is 5.10 Å². The number of benzene rings is 1. The molecule has 0 amide bonds. The number of hydrogen-bond acceptors (Lipinski definition) is 8. The predicted molar refractivity (Wildman–Crippen MR) is 106 cm³/mol. The quantitative estimate of drug-likeness (QED) is 0.459. The third-order valence-corrected chi connectivity index (χ3v) is 5.03. The molecule has 0 atom stereocenters. The summed E-state index contributed by atoms with van der Waals surface area (Å²) in [7, 11) is 0. The van der Waals surface area contributed by atoms with E-state index in [1.54, 1.807) is 11.6 Å². The second-order valence-electron chi connectivity index (χ2n) is 6.05. The molecule has 0 spiro atoms. The van der Waals surface area contributed by atoms with Crippen molar-refractivity contribution in [2.75, 3.05) is 35.8 Å². The Kier molecular flexibility index (Phi) is 6.06. The molecule has 3 N–H and O–H groups in total. The van der Waals surface area contributed by atoms with E-state index in [9.17, 15) is 4.79 Å². The number of nitrogens with two attached hydrogens (primary N) is 1. The van der Waals surface area contributed by atoms with Gasteiger partial charge in [0.2, 0.25) is 5.13 Å². The van der Waals surface area contributed by atoms with Gasteiger partial charge in [0.15, 0.2) is 0 Å². The number of aromatic nitrogens is 1. The minimum absolute atomic E-state index is 0.0311. The smallest absolute Gasteiger partial charge is 0.309 e. The largest absolute Gasteiger partial charge is 0.466 e. The Hall–Kier alpha value is -2.61. The van der Waals surface area contributed by atoms with E-state index < -0.39 is 0 Å². The lowest BCUT2D eigenvalue weighted by atomic mass is 9.96. The van der Waals surface area contributed by atoms with Crippen molar-refractivity contribution < 1.29 is 9.53 Å². The predicted octanol–water partition coefficient (Wildman–Crippen LogP) is 2.95. The third-order valence-electron chi connectivity index (χ3n) is 4.27. The van der Waals surface area contributed by atoms with E-state index in [1.165, 1.54) is 11.3 Å². The van der Waals surface area contributed by atoms with E-state index in [0.717, 1.165) is 37.2 Å². The Morgan fingerprint density at radius 1 is 1.42 bits per heavy atom.